The van der Waals surface area contributed by atoms with Gasteiger partial charge in [0, 0.05) is 0 Å². The summed E-state index contributed by atoms with van der Waals surface area (Å²) in [6.45, 7) is 3.30. The van der Waals surface area contributed by atoms with Crippen molar-refractivity contribution in [2.75, 3.05) is 5.32 Å². The van der Waals surface area contributed by atoms with E-state index < -0.39 is 23.4 Å². The van der Waals surface area contributed by atoms with Crippen molar-refractivity contribution in [1.82, 2.24) is 4.98 Å². The minimum absolute atomic E-state index is 0.0964. The molecular formula is C12H15F3N2O2. The van der Waals surface area contributed by atoms with Crippen LogP contribution in [0.25, 0.3) is 0 Å². The number of hydrogen-bond acceptors (Lipinski definition) is 3. The molecule has 0 saturated heterocycles. The number of carboxylic acids is 1. The summed E-state index contributed by atoms with van der Waals surface area (Å²) in [5.74, 6) is -1.21. The van der Waals surface area contributed by atoms with Gasteiger partial charge in [-0.2, -0.15) is 13.2 Å². The van der Waals surface area contributed by atoms with Crippen molar-refractivity contribution in [3.8, 4) is 0 Å². The van der Waals surface area contributed by atoms with Gasteiger partial charge in [0.2, 0.25) is 0 Å². The molecule has 0 aliphatic rings. The summed E-state index contributed by atoms with van der Waals surface area (Å²) in [7, 11) is 0. The number of halogens is 3. The van der Waals surface area contributed by atoms with Gasteiger partial charge in [-0.3, -0.25) is 0 Å². The van der Waals surface area contributed by atoms with Crippen LogP contribution in [0.3, 0.4) is 0 Å². The lowest BCUT2D eigenvalue weighted by Crippen LogP contribution is -2.45. The quantitative estimate of drug-likeness (QED) is 0.867. The molecular weight excluding hydrogens is 261 g/mol. The van der Waals surface area contributed by atoms with E-state index in [2.05, 4.69) is 10.3 Å². The smallest absolute Gasteiger partial charge is 0.433 e. The molecule has 0 aliphatic heterocycles. The molecule has 1 rings (SSSR count). The van der Waals surface area contributed by atoms with E-state index in [1.807, 2.05) is 0 Å². The molecule has 0 bridgehead atoms. The van der Waals surface area contributed by atoms with Crippen molar-refractivity contribution >= 4 is 11.8 Å². The first-order chi connectivity index (χ1) is 8.75. The minimum atomic E-state index is -4.55. The van der Waals surface area contributed by atoms with Gasteiger partial charge in [0.1, 0.15) is 17.1 Å². The van der Waals surface area contributed by atoms with E-state index in [-0.39, 0.29) is 18.7 Å². The molecule has 1 heterocycles. The molecule has 0 fully saturated rings. The van der Waals surface area contributed by atoms with Gasteiger partial charge < -0.3 is 10.4 Å². The van der Waals surface area contributed by atoms with Crippen LogP contribution in [0.4, 0.5) is 19.0 Å². The Morgan fingerprint density at radius 3 is 2.32 bits per heavy atom. The molecule has 0 atom stereocenters. The summed E-state index contributed by atoms with van der Waals surface area (Å²) in [4.78, 5) is 14.7. The number of carbonyl (C=O) groups is 1. The third kappa shape index (κ3) is 3.36. The van der Waals surface area contributed by atoms with Gasteiger partial charge in [0.25, 0.3) is 0 Å². The molecule has 0 aromatic carbocycles. The molecule has 4 nitrogen and oxygen atoms in total. The number of hydrogen-bond donors (Lipinski definition) is 2. The highest BCUT2D eigenvalue weighted by Gasteiger charge is 2.36. The number of carboxylic acid groups (broad SMARTS) is 1. The summed E-state index contributed by atoms with van der Waals surface area (Å²) in [5.41, 5.74) is -2.36. The maximum Gasteiger partial charge on any atom is 0.433 e. The average Bonchev–Trinajstić information content (AvgIpc) is 2.35. The Labute approximate surface area is 108 Å². The van der Waals surface area contributed by atoms with E-state index in [9.17, 15) is 23.1 Å². The van der Waals surface area contributed by atoms with Crippen molar-refractivity contribution in [2.24, 2.45) is 0 Å². The maximum absolute atomic E-state index is 12.5. The number of alkyl halides is 3. The molecule has 19 heavy (non-hydrogen) atoms. The molecule has 0 spiro atoms. The fraction of sp³-hybridized carbons (Fsp3) is 0.500. The third-order valence-corrected chi connectivity index (χ3v) is 3.02. The van der Waals surface area contributed by atoms with Crippen LogP contribution in [-0.2, 0) is 11.0 Å². The van der Waals surface area contributed by atoms with E-state index >= 15 is 0 Å². The zero-order chi connectivity index (χ0) is 14.7. The fourth-order valence-electron chi connectivity index (χ4n) is 1.69. The maximum atomic E-state index is 12.5. The Morgan fingerprint density at radius 2 is 1.89 bits per heavy atom. The SMILES string of the molecule is CCC(CC)(Nc1cccc(C(F)(F)F)n1)C(=O)O. The number of aromatic nitrogens is 1. The Kier molecular flexibility index (Phi) is 4.39. The van der Waals surface area contributed by atoms with Crippen molar-refractivity contribution in [3.05, 3.63) is 23.9 Å². The van der Waals surface area contributed by atoms with Gasteiger partial charge in [-0.25, -0.2) is 9.78 Å². The van der Waals surface area contributed by atoms with Gasteiger partial charge in [-0.15, -0.1) is 0 Å². The number of nitrogens with zero attached hydrogens (tertiary/aromatic N) is 1. The van der Waals surface area contributed by atoms with Crippen molar-refractivity contribution < 1.29 is 23.1 Å². The van der Waals surface area contributed by atoms with E-state index in [1.165, 1.54) is 12.1 Å². The van der Waals surface area contributed by atoms with Crippen LogP contribution in [0.15, 0.2) is 18.2 Å². The van der Waals surface area contributed by atoms with E-state index in [0.717, 1.165) is 6.07 Å². The van der Waals surface area contributed by atoms with Crippen LogP contribution in [0, 0.1) is 0 Å². The summed E-state index contributed by atoms with van der Waals surface area (Å²) in [6.07, 6.45) is -4.09. The monoisotopic (exact) mass is 276 g/mol. The normalized spacial score (nSPS) is 12.3. The average molecular weight is 276 g/mol. The van der Waals surface area contributed by atoms with Crippen LogP contribution < -0.4 is 5.32 Å². The van der Waals surface area contributed by atoms with Crippen LogP contribution >= 0.6 is 0 Å². The second-order valence-corrected chi connectivity index (χ2v) is 4.13. The van der Waals surface area contributed by atoms with Crippen molar-refractivity contribution in [1.29, 1.82) is 0 Å². The second kappa shape index (κ2) is 5.46. The zero-order valence-corrected chi connectivity index (χ0v) is 10.6. The Bertz CT molecular complexity index is 457. The Hall–Kier alpha value is -1.79. The van der Waals surface area contributed by atoms with E-state index in [0.29, 0.717) is 0 Å². The largest absolute Gasteiger partial charge is 0.480 e. The van der Waals surface area contributed by atoms with Crippen LogP contribution in [0.5, 0.6) is 0 Å². The van der Waals surface area contributed by atoms with Gasteiger partial charge in [-0.1, -0.05) is 19.9 Å². The first kappa shape index (κ1) is 15.3. The predicted octanol–water partition coefficient (Wildman–Crippen LogP) is 3.16. The molecule has 0 aliphatic carbocycles. The van der Waals surface area contributed by atoms with Gasteiger partial charge in [0.15, 0.2) is 0 Å². The summed E-state index contributed by atoms with van der Waals surface area (Å²) >= 11 is 0. The van der Waals surface area contributed by atoms with Crippen molar-refractivity contribution in [3.63, 3.8) is 0 Å². The summed E-state index contributed by atoms with van der Waals surface area (Å²) in [5, 5.41) is 11.8. The number of pyridine rings is 1. The Morgan fingerprint density at radius 1 is 1.32 bits per heavy atom. The first-order valence-electron chi connectivity index (χ1n) is 5.81. The number of aliphatic carboxylic acids is 1. The highest BCUT2D eigenvalue weighted by atomic mass is 19.4. The molecule has 7 heteroatoms. The van der Waals surface area contributed by atoms with Crippen LogP contribution in [0.1, 0.15) is 32.4 Å². The standard InChI is InChI=1S/C12H15F3N2O2/c1-3-11(4-2,10(18)19)17-9-7-5-6-8(16-9)12(13,14)15/h5-7H,3-4H2,1-2H3,(H,16,17)(H,18,19). The molecule has 2 N–H and O–H groups in total. The lowest BCUT2D eigenvalue weighted by Gasteiger charge is -2.28. The molecule has 106 valence electrons. The second-order valence-electron chi connectivity index (χ2n) is 4.13. The first-order valence-corrected chi connectivity index (χ1v) is 5.81. The summed E-state index contributed by atoms with van der Waals surface area (Å²) in [6, 6.07) is 3.35. The van der Waals surface area contributed by atoms with Crippen LogP contribution in [-0.4, -0.2) is 21.6 Å². The molecule has 0 amide bonds. The zero-order valence-electron chi connectivity index (χ0n) is 10.6. The number of nitrogens with one attached hydrogen (secondary N) is 1. The predicted molar refractivity (Wildman–Crippen MR) is 63.8 cm³/mol. The Balaban J connectivity index is 3.08. The molecule has 0 unspecified atom stereocenters. The van der Waals surface area contributed by atoms with E-state index in [4.69, 9.17) is 0 Å². The van der Waals surface area contributed by atoms with Crippen LogP contribution in [0.2, 0.25) is 0 Å². The van der Waals surface area contributed by atoms with E-state index in [1.54, 1.807) is 13.8 Å². The third-order valence-electron chi connectivity index (χ3n) is 3.02. The highest BCUT2D eigenvalue weighted by molar-refractivity contribution is 5.82. The molecule has 0 radical (unpaired) electrons. The topological polar surface area (TPSA) is 62.2 Å². The lowest BCUT2D eigenvalue weighted by molar-refractivity contribution is -0.142. The molecule has 1 aromatic heterocycles. The van der Waals surface area contributed by atoms with Crippen molar-refractivity contribution in [2.45, 2.75) is 38.4 Å². The lowest BCUT2D eigenvalue weighted by atomic mass is 9.93. The minimum Gasteiger partial charge on any atom is -0.480 e. The summed E-state index contributed by atoms with van der Waals surface area (Å²) < 4.78 is 37.5. The highest BCUT2D eigenvalue weighted by Crippen LogP contribution is 2.29. The number of rotatable bonds is 5. The molecule has 0 saturated carbocycles. The van der Waals surface area contributed by atoms with Gasteiger partial charge in [-0.05, 0) is 25.0 Å². The van der Waals surface area contributed by atoms with Gasteiger partial charge in [0.05, 0.1) is 0 Å². The fourth-order valence-corrected chi connectivity index (χ4v) is 1.69. The molecule has 1 aromatic rings. The van der Waals surface area contributed by atoms with Gasteiger partial charge >= 0.3 is 12.1 Å². The number of anilines is 1.